The number of carbonyl (C=O) groups is 1. The Labute approximate surface area is 144 Å². The van der Waals surface area contributed by atoms with Crippen molar-refractivity contribution < 1.29 is 29.2 Å². The van der Waals surface area contributed by atoms with Gasteiger partial charge in [0.15, 0.2) is 23.0 Å². The monoisotopic (exact) mass is 346 g/mol. The number of methoxy groups -OCH3 is 3. The highest BCUT2D eigenvalue weighted by atomic mass is 16.5. The molecule has 0 aromatic heterocycles. The molecule has 2 rings (SSSR count). The second kappa shape index (κ2) is 7.91. The number of benzene rings is 2. The lowest BCUT2D eigenvalue weighted by Crippen LogP contribution is -2.18. The quantitative estimate of drug-likeness (QED) is 0.419. The van der Waals surface area contributed by atoms with E-state index in [1.807, 2.05) is 0 Å². The van der Waals surface area contributed by atoms with Crippen molar-refractivity contribution in [3.05, 3.63) is 41.5 Å². The molecule has 3 N–H and O–H groups in total. The van der Waals surface area contributed by atoms with E-state index in [0.29, 0.717) is 22.8 Å². The van der Waals surface area contributed by atoms with Crippen LogP contribution >= 0.6 is 0 Å². The van der Waals surface area contributed by atoms with E-state index in [1.54, 1.807) is 0 Å². The fraction of sp³-hybridized carbons (Fsp3) is 0.176. The third-order valence-corrected chi connectivity index (χ3v) is 3.31. The van der Waals surface area contributed by atoms with Crippen molar-refractivity contribution in [3.8, 4) is 28.7 Å². The van der Waals surface area contributed by atoms with Gasteiger partial charge in [0.25, 0.3) is 5.91 Å². The van der Waals surface area contributed by atoms with Crippen LogP contribution in [0, 0.1) is 0 Å². The predicted octanol–water partition coefficient (Wildman–Crippen LogP) is 1.89. The van der Waals surface area contributed by atoms with Crippen LogP contribution in [0.1, 0.15) is 15.9 Å². The highest BCUT2D eigenvalue weighted by Crippen LogP contribution is 2.38. The summed E-state index contributed by atoms with van der Waals surface area (Å²) in [7, 11) is 4.38. The number of hydrazone groups is 1. The summed E-state index contributed by atoms with van der Waals surface area (Å²) in [5, 5.41) is 22.5. The van der Waals surface area contributed by atoms with Gasteiger partial charge in [-0.3, -0.25) is 4.79 Å². The van der Waals surface area contributed by atoms with Crippen LogP contribution in [-0.2, 0) is 0 Å². The van der Waals surface area contributed by atoms with Crippen LogP contribution in [0.2, 0.25) is 0 Å². The number of phenolic OH excluding ortho intramolecular Hbond substituents is 2. The van der Waals surface area contributed by atoms with Crippen molar-refractivity contribution in [2.24, 2.45) is 5.10 Å². The molecular weight excluding hydrogens is 328 g/mol. The van der Waals surface area contributed by atoms with Gasteiger partial charge in [-0.25, -0.2) is 5.43 Å². The molecule has 132 valence electrons. The molecule has 0 radical (unpaired) electrons. The first-order valence-corrected chi connectivity index (χ1v) is 7.15. The number of rotatable bonds is 6. The molecule has 8 nitrogen and oxygen atoms in total. The molecule has 0 atom stereocenters. The number of hydrogen-bond acceptors (Lipinski definition) is 7. The number of hydrogen-bond donors (Lipinski definition) is 3. The van der Waals surface area contributed by atoms with Gasteiger partial charge in [0.1, 0.15) is 0 Å². The van der Waals surface area contributed by atoms with Crippen molar-refractivity contribution >= 4 is 12.1 Å². The summed E-state index contributed by atoms with van der Waals surface area (Å²) in [6, 6.07) is 7.16. The summed E-state index contributed by atoms with van der Waals surface area (Å²) in [5.41, 5.74) is 3.12. The van der Waals surface area contributed by atoms with Gasteiger partial charge in [-0.2, -0.15) is 5.10 Å². The minimum atomic E-state index is -0.487. The minimum Gasteiger partial charge on any atom is -0.504 e. The Hall–Kier alpha value is -3.42. The zero-order valence-electron chi connectivity index (χ0n) is 13.9. The summed E-state index contributed by atoms with van der Waals surface area (Å²) in [6.07, 6.45) is 1.33. The van der Waals surface area contributed by atoms with Crippen LogP contribution in [0.3, 0.4) is 0 Å². The summed E-state index contributed by atoms with van der Waals surface area (Å²) >= 11 is 0. The first kappa shape index (κ1) is 17.9. The molecule has 0 heterocycles. The lowest BCUT2D eigenvalue weighted by Gasteiger charge is -2.13. The van der Waals surface area contributed by atoms with E-state index in [4.69, 9.17) is 14.2 Å². The van der Waals surface area contributed by atoms with Crippen LogP contribution < -0.4 is 19.6 Å². The van der Waals surface area contributed by atoms with Crippen molar-refractivity contribution in [3.63, 3.8) is 0 Å². The van der Waals surface area contributed by atoms with E-state index in [2.05, 4.69) is 10.5 Å². The highest BCUT2D eigenvalue weighted by molar-refractivity contribution is 5.96. The van der Waals surface area contributed by atoms with E-state index in [9.17, 15) is 15.0 Å². The first-order chi connectivity index (χ1) is 12.0. The molecule has 25 heavy (non-hydrogen) atoms. The zero-order valence-corrected chi connectivity index (χ0v) is 13.9. The summed E-state index contributed by atoms with van der Waals surface area (Å²) < 4.78 is 15.6. The molecule has 2 aromatic carbocycles. The summed E-state index contributed by atoms with van der Waals surface area (Å²) in [6.45, 7) is 0. The maximum absolute atomic E-state index is 12.2. The molecule has 0 unspecified atom stereocenters. The topological polar surface area (TPSA) is 110 Å². The van der Waals surface area contributed by atoms with E-state index in [1.165, 1.54) is 57.9 Å². The van der Waals surface area contributed by atoms with Crippen LogP contribution in [-0.4, -0.2) is 43.7 Å². The number of carbonyl (C=O) groups excluding carboxylic acids is 1. The van der Waals surface area contributed by atoms with Gasteiger partial charge in [-0.05, 0) is 35.9 Å². The van der Waals surface area contributed by atoms with Gasteiger partial charge in [0.2, 0.25) is 5.75 Å². The predicted molar refractivity (Wildman–Crippen MR) is 90.9 cm³/mol. The third-order valence-electron chi connectivity index (χ3n) is 3.31. The second-order valence-electron chi connectivity index (χ2n) is 4.86. The zero-order chi connectivity index (χ0) is 18.4. The Bertz CT molecular complexity index is 779. The largest absolute Gasteiger partial charge is 0.504 e. The molecule has 1 amide bonds. The number of nitrogens with zero attached hydrogens (tertiary/aromatic N) is 1. The Morgan fingerprint density at radius 1 is 1.00 bits per heavy atom. The van der Waals surface area contributed by atoms with Crippen LogP contribution in [0.5, 0.6) is 28.7 Å². The van der Waals surface area contributed by atoms with E-state index < -0.39 is 5.91 Å². The van der Waals surface area contributed by atoms with Gasteiger partial charge in [0, 0.05) is 5.56 Å². The van der Waals surface area contributed by atoms with Crippen molar-refractivity contribution in [1.29, 1.82) is 0 Å². The molecule has 0 fully saturated rings. The van der Waals surface area contributed by atoms with Crippen molar-refractivity contribution in [2.75, 3.05) is 21.3 Å². The van der Waals surface area contributed by atoms with Crippen LogP contribution in [0.4, 0.5) is 0 Å². The van der Waals surface area contributed by atoms with Gasteiger partial charge in [0.05, 0.1) is 27.5 Å². The fourth-order valence-electron chi connectivity index (χ4n) is 2.06. The van der Waals surface area contributed by atoms with Gasteiger partial charge in [-0.15, -0.1) is 0 Å². The average Bonchev–Trinajstić information content (AvgIpc) is 2.63. The maximum Gasteiger partial charge on any atom is 0.271 e. The van der Waals surface area contributed by atoms with Crippen LogP contribution in [0.15, 0.2) is 35.4 Å². The third kappa shape index (κ3) is 4.11. The molecule has 8 heteroatoms. The molecule has 0 saturated carbocycles. The molecule has 2 aromatic rings. The standard InChI is InChI=1S/C17H18N2O6/c1-23-14-7-11(8-15(24-2)16(14)25-3)17(22)19-18-9-10-4-5-12(20)13(21)6-10/h4-9,20-21H,1-3H3,(H,19,22). The number of ether oxygens (including phenoxy) is 3. The molecule has 0 aliphatic heterocycles. The Morgan fingerprint density at radius 2 is 1.64 bits per heavy atom. The molecular formula is C17H18N2O6. The second-order valence-corrected chi connectivity index (χ2v) is 4.86. The van der Waals surface area contributed by atoms with E-state index >= 15 is 0 Å². The molecule has 0 aliphatic rings. The Balaban J connectivity index is 2.17. The Kier molecular flexibility index (Phi) is 5.67. The highest BCUT2D eigenvalue weighted by Gasteiger charge is 2.16. The average molecular weight is 346 g/mol. The van der Waals surface area contributed by atoms with E-state index in [0.717, 1.165) is 0 Å². The number of phenols is 2. The fourth-order valence-corrected chi connectivity index (χ4v) is 2.06. The van der Waals surface area contributed by atoms with Crippen molar-refractivity contribution in [2.45, 2.75) is 0 Å². The minimum absolute atomic E-state index is 0.237. The Morgan fingerprint density at radius 3 is 2.16 bits per heavy atom. The van der Waals surface area contributed by atoms with Gasteiger partial charge < -0.3 is 24.4 Å². The summed E-state index contributed by atoms with van der Waals surface area (Å²) in [5.74, 6) is 0.0699. The lowest BCUT2D eigenvalue weighted by molar-refractivity contribution is 0.0954. The molecule has 0 bridgehead atoms. The number of aromatic hydroxyl groups is 2. The summed E-state index contributed by atoms with van der Waals surface area (Å²) in [4.78, 5) is 12.2. The maximum atomic E-state index is 12.2. The normalized spacial score (nSPS) is 10.5. The molecule has 0 aliphatic carbocycles. The molecule has 0 saturated heterocycles. The SMILES string of the molecule is COc1cc(C(=O)NN=Cc2ccc(O)c(O)c2)cc(OC)c1OC. The number of amides is 1. The van der Waals surface area contributed by atoms with Crippen LogP contribution in [0.25, 0.3) is 0 Å². The molecule has 0 spiro atoms. The first-order valence-electron chi connectivity index (χ1n) is 7.15. The van der Waals surface area contributed by atoms with Crippen molar-refractivity contribution in [1.82, 2.24) is 5.43 Å². The lowest BCUT2D eigenvalue weighted by atomic mass is 10.1. The number of nitrogens with one attached hydrogen (secondary N) is 1. The van der Waals surface area contributed by atoms with Gasteiger partial charge in [-0.1, -0.05) is 0 Å². The smallest absolute Gasteiger partial charge is 0.271 e. The van der Waals surface area contributed by atoms with E-state index in [-0.39, 0.29) is 17.1 Å². The van der Waals surface area contributed by atoms with Gasteiger partial charge >= 0.3 is 0 Å².